The zero-order chi connectivity index (χ0) is 13.9. The van der Waals surface area contributed by atoms with Crippen LogP contribution in [0.4, 0.5) is 0 Å². The number of aromatic nitrogens is 1. The molecule has 20 heavy (non-hydrogen) atoms. The van der Waals surface area contributed by atoms with Crippen LogP contribution in [0.15, 0.2) is 41.8 Å². The number of oxime groups is 1. The molecule has 0 saturated carbocycles. The van der Waals surface area contributed by atoms with Gasteiger partial charge in [0.1, 0.15) is 30.4 Å². The Labute approximate surface area is 116 Å². The number of aryl methyl sites for hydroxylation is 1. The quantitative estimate of drug-likeness (QED) is 0.687. The molecule has 1 aliphatic rings. The van der Waals surface area contributed by atoms with Crippen molar-refractivity contribution in [3.05, 3.63) is 53.3 Å². The van der Waals surface area contributed by atoms with Crippen LogP contribution in [0, 0.1) is 6.92 Å². The Hall–Kier alpha value is -2.56. The van der Waals surface area contributed by atoms with Crippen molar-refractivity contribution in [1.29, 1.82) is 0 Å². The molecule has 2 aromatic rings. The molecule has 1 aliphatic heterocycles. The number of pyridine rings is 1. The number of rotatable bonds is 3. The monoisotopic (exact) mass is 270 g/mol. The molecule has 5 nitrogen and oxygen atoms in total. The summed E-state index contributed by atoms with van der Waals surface area (Å²) < 4.78 is 11.1. The molecule has 0 aliphatic carbocycles. The molecule has 102 valence electrons. The van der Waals surface area contributed by atoms with E-state index in [-0.39, 0.29) is 6.61 Å². The third kappa shape index (κ3) is 2.42. The van der Waals surface area contributed by atoms with Gasteiger partial charge in [0.15, 0.2) is 0 Å². The van der Waals surface area contributed by atoms with E-state index >= 15 is 0 Å². The van der Waals surface area contributed by atoms with E-state index in [4.69, 9.17) is 14.7 Å². The van der Waals surface area contributed by atoms with Crippen molar-refractivity contribution >= 4 is 5.71 Å². The molecule has 0 bridgehead atoms. The minimum atomic E-state index is 0.289. The number of fused-ring (bicyclic) bond motifs is 1. The third-order valence-electron chi connectivity index (χ3n) is 3.09. The maximum absolute atomic E-state index is 8.83. The highest BCUT2D eigenvalue weighted by atomic mass is 16.5. The molecule has 1 aromatic heterocycles. The largest absolute Gasteiger partial charge is 0.489 e. The number of ether oxygens (including phenoxy) is 2. The van der Waals surface area contributed by atoms with Gasteiger partial charge in [0.05, 0.1) is 0 Å². The van der Waals surface area contributed by atoms with E-state index in [0.717, 1.165) is 16.7 Å². The van der Waals surface area contributed by atoms with Gasteiger partial charge < -0.3 is 14.7 Å². The van der Waals surface area contributed by atoms with Crippen LogP contribution >= 0.6 is 0 Å². The van der Waals surface area contributed by atoms with E-state index < -0.39 is 0 Å². The Kier molecular flexibility index (Phi) is 3.25. The van der Waals surface area contributed by atoms with Crippen molar-refractivity contribution in [3.8, 4) is 11.5 Å². The molecule has 1 aromatic carbocycles. The fraction of sp³-hybridized carbons (Fsp3) is 0.200. The predicted octanol–water partition coefficient (Wildman–Crippen LogP) is 2.54. The van der Waals surface area contributed by atoms with Crippen molar-refractivity contribution in [2.45, 2.75) is 13.5 Å². The van der Waals surface area contributed by atoms with Gasteiger partial charge in [-0.15, -0.1) is 0 Å². The summed E-state index contributed by atoms with van der Waals surface area (Å²) in [5.74, 6) is 1.39. The average molecular weight is 270 g/mol. The fourth-order valence-corrected chi connectivity index (χ4v) is 2.12. The molecule has 3 rings (SSSR count). The summed E-state index contributed by atoms with van der Waals surface area (Å²) in [5, 5.41) is 12.0. The first kappa shape index (κ1) is 12.5. The molecule has 0 saturated heterocycles. The van der Waals surface area contributed by atoms with Crippen LogP contribution in [0.1, 0.15) is 16.7 Å². The van der Waals surface area contributed by atoms with E-state index in [9.17, 15) is 0 Å². The second kappa shape index (κ2) is 5.21. The summed E-state index contributed by atoms with van der Waals surface area (Å²) in [7, 11) is 0. The first-order valence-corrected chi connectivity index (χ1v) is 6.28. The molecular formula is C15H14N2O3. The first-order valence-electron chi connectivity index (χ1n) is 6.28. The van der Waals surface area contributed by atoms with Crippen LogP contribution in [0.5, 0.6) is 11.5 Å². The van der Waals surface area contributed by atoms with Crippen LogP contribution in [0.25, 0.3) is 0 Å². The second-order valence-corrected chi connectivity index (χ2v) is 4.65. The highest BCUT2D eigenvalue weighted by molar-refractivity contribution is 6.05. The summed E-state index contributed by atoms with van der Waals surface area (Å²) in [4.78, 5) is 4.13. The van der Waals surface area contributed by atoms with Crippen molar-refractivity contribution in [2.24, 2.45) is 5.16 Å². The van der Waals surface area contributed by atoms with Gasteiger partial charge in [-0.1, -0.05) is 5.16 Å². The molecule has 1 N–H and O–H groups in total. The molecule has 0 unspecified atom stereocenters. The maximum atomic E-state index is 8.83. The van der Waals surface area contributed by atoms with E-state index in [1.165, 1.54) is 0 Å². The highest BCUT2D eigenvalue weighted by Crippen LogP contribution is 2.30. The zero-order valence-corrected chi connectivity index (χ0v) is 11.0. The van der Waals surface area contributed by atoms with Crippen LogP contribution in [0.3, 0.4) is 0 Å². The van der Waals surface area contributed by atoms with Crippen LogP contribution in [-0.4, -0.2) is 22.5 Å². The van der Waals surface area contributed by atoms with Crippen molar-refractivity contribution in [3.63, 3.8) is 0 Å². The Morgan fingerprint density at radius 1 is 1.35 bits per heavy atom. The van der Waals surface area contributed by atoms with E-state index in [1.54, 1.807) is 12.3 Å². The summed E-state index contributed by atoms with van der Waals surface area (Å²) in [6, 6.07) is 7.51. The predicted molar refractivity (Wildman–Crippen MR) is 73.6 cm³/mol. The van der Waals surface area contributed by atoms with Gasteiger partial charge in [-0.2, -0.15) is 0 Å². The van der Waals surface area contributed by atoms with Gasteiger partial charge in [0, 0.05) is 29.6 Å². The van der Waals surface area contributed by atoms with Crippen molar-refractivity contribution in [1.82, 2.24) is 4.98 Å². The standard InChI is InChI=1S/C15H14N2O3/c1-10-4-11(7-16-6-10)8-19-12-2-3-13-14(17-18)9-20-15(13)5-12/h2-7,18H,8-9H2,1H3/b17-14+. The summed E-state index contributed by atoms with van der Waals surface area (Å²) in [6.45, 7) is 2.74. The average Bonchev–Trinajstić information content (AvgIpc) is 2.87. The van der Waals surface area contributed by atoms with E-state index in [1.807, 2.05) is 31.3 Å². The summed E-state index contributed by atoms with van der Waals surface area (Å²) in [6.07, 6.45) is 3.59. The maximum Gasteiger partial charge on any atom is 0.134 e. The number of hydrogen-bond donors (Lipinski definition) is 1. The van der Waals surface area contributed by atoms with Crippen molar-refractivity contribution in [2.75, 3.05) is 6.61 Å². The smallest absolute Gasteiger partial charge is 0.134 e. The molecule has 0 radical (unpaired) electrons. The van der Waals surface area contributed by atoms with Gasteiger partial charge in [-0.3, -0.25) is 4.98 Å². The summed E-state index contributed by atoms with van der Waals surface area (Å²) in [5.41, 5.74) is 3.46. The second-order valence-electron chi connectivity index (χ2n) is 4.65. The zero-order valence-electron chi connectivity index (χ0n) is 11.0. The fourth-order valence-electron chi connectivity index (χ4n) is 2.12. The number of nitrogens with zero attached hydrogens (tertiary/aromatic N) is 2. The number of hydrogen-bond acceptors (Lipinski definition) is 5. The topological polar surface area (TPSA) is 63.9 Å². The van der Waals surface area contributed by atoms with Gasteiger partial charge in [-0.25, -0.2) is 0 Å². The molecule has 2 heterocycles. The van der Waals surface area contributed by atoms with Gasteiger partial charge in [-0.05, 0) is 30.7 Å². The van der Waals surface area contributed by atoms with Crippen LogP contribution in [-0.2, 0) is 6.61 Å². The Balaban J connectivity index is 1.73. The van der Waals surface area contributed by atoms with Crippen molar-refractivity contribution < 1.29 is 14.7 Å². The lowest BCUT2D eigenvalue weighted by Gasteiger charge is -2.07. The SMILES string of the molecule is Cc1cncc(COc2ccc3c(c2)OC/C3=N\O)c1. The van der Waals surface area contributed by atoms with E-state index in [0.29, 0.717) is 23.8 Å². The van der Waals surface area contributed by atoms with Gasteiger partial charge in [0.2, 0.25) is 0 Å². The highest BCUT2D eigenvalue weighted by Gasteiger charge is 2.20. The molecule has 0 atom stereocenters. The Bertz CT molecular complexity index is 668. The molecule has 0 fully saturated rings. The normalized spacial score (nSPS) is 14.9. The Morgan fingerprint density at radius 2 is 2.25 bits per heavy atom. The van der Waals surface area contributed by atoms with Crippen LogP contribution < -0.4 is 9.47 Å². The molecule has 5 heteroatoms. The summed E-state index contributed by atoms with van der Waals surface area (Å²) >= 11 is 0. The van der Waals surface area contributed by atoms with E-state index in [2.05, 4.69) is 10.1 Å². The molecular weight excluding hydrogens is 256 g/mol. The lowest BCUT2D eigenvalue weighted by molar-refractivity contribution is 0.302. The minimum absolute atomic E-state index is 0.289. The third-order valence-corrected chi connectivity index (χ3v) is 3.09. The lowest BCUT2D eigenvalue weighted by atomic mass is 10.1. The van der Waals surface area contributed by atoms with Gasteiger partial charge >= 0.3 is 0 Å². The number of benzene rings is 1. The Morgan fingerprint density at radius 3 is 3.05 bits per heavy atom. The molecule has 0 spiro atoms. The van der Waals surface area contributed by atoms with Crippen LogP contribution in [0.2, 0.25) is 0 Å². The first-order chi connectivity index (χ1) is 9.76. The molecule has 0 amide bonds. The lowest BCUT2D eigenvalue weighted by Crippen LogP contribution is -2.01. The van der Waals surface area contributed by atoms with Gasteiger partial charge in [0.25, 0.3) is 0 Å². The minimum Gasteiger partial charge on any atom is -0.489 e.